The van der Waals surface area contributed by atoms with E-state index in [1.807, 2.05) is 0 Å². The van der Waals surface area contributed by atoms with Crippen molar-refractivity contribution >= 4 is 15.9 Å². The highest BCUT2D eigenvalue weighted by Gasteiger charge is 2.12. The predicted octanol–water partition coefficient (Wildman–Crippen LogP) is 2.18. The van der Waals surface area contributed by atoms with Crippen molar-refractivity contribution in [2.24, 2.45) is 5.73 Å². The molecular weight excluding hydrogens is 234 g/mol. The summed E-state index contributed by atoms with van der Waals surface area (Å²) in [6.45, 7) is 1.81. The first-order valence-corrected chi connectivity index (χ1v) is 4.67. The molecule has 3 N–H and O–H groups in total. The largest absolute Gasteiger partial charge is 0.504 e. The smallest absolute Gasteiger partial charge is 0.162 e. The van der Waals surface area contributed by atoms with Crippen LogP contribution in [0.1, 0.15) is 18.5 Å². The van der Waals surface area contributed by atoms with Crippen LogP contribution in [0.2, 0.25) is 0 Å². The van der Waals surface area contributed by atoms with Gasteiger partial charge in [-0.1, -0.05) is 15.9 Å². The molecule has 0 heterocycles. The SMILES string of the molecule is COc1cc(Br)cc(C(C)N)c1O. The van der Waals surface area contributed by atoms with Gasteiger partial charge in [-0.25, -0.2) is 0 Å². The first-order valence-electron chi connectivity index (χ1n) is 3.88. The van der Waals surface area contributed by atoms with Gasteiger partial charge in [-0.05, 0) is 19.1 Å². The zero-order chi connectivity index (χ0) is 10.0. The van der Waals surface area contributed by atoms with Crippen LogP contribution in [0.5, 0.6) is 11.5 Å². The van der Waals surface area contributed by atoms with E-state index >= 15 is 0 Å². The molecular formula is C9H12BrNO2. The van der Waals surface area contributed by atoms with Crippen LogP contribution < -0.4 is 10.5 Å². The first-order chi connectivity index (χ1) is 6.06. The summed E-state index contributed by atoms with van der Waals surface area (Å²) >= 11 is 3.31. The van der Waals surface area contributed by atoms with E-state index in [9.17, 15) is 5.11 Å². The number of benzene rings is 1. The molecule has 1 rings (SSSR count). The Labute approximate surface area is 85.6 Å². The minimum absolute atomic E-state index is 0.112. The quantitative estimate of drug-likeness (QED) is 0.840. The molecule has 0 bridgehead atoms. The number of aromatic hydroxyl groups is 1. The average Bonchev–Trinajstić information content (AvgIpc) is 2.08. The second kappa shape index (κ2) is 3.98. The van der Waals surface area contributed by atoms with E-state index in [2.05, 4.69) is 15.9 Å². The van der Waals surface area contributed by atoms with Crippen molar-refractivity contribution in [3.8, 4) is 11.5 Å². The zero-order valence-corrected chi connectivity index (χ0v) is 9.13. The van der Waals surface area contributed by atoms with Gasteiger partial charge in [-0.2, -0.15) is 0 Å². The molecule has 0 spiro atoms. The molecule has 1 atom stereocenters. The number of hydrogen-bond acceptors (Lipinski definition) is 3. The predicted molar refractivity (Wildman–Crippen MR) is 55.0 cm³/mol. The fourth-order valence-electron chi connectivity index (χ4n) is 1.10. The number of rotatable bonds is 2. The molecule has 72 valence electrons. The van der Waals surface area contributed by atoms with E-state index in [1.165, 1.54) is 7.11 Å². The molecule has 0 aliphatic carbocycles. The lowest BCUT2D eigenvalue weighted by Crippen LogP contribution is -2.05. The average molecular weight is 246 g/mol. The normalized spacial score (nSPS) is 12.6. The maximum Gasteiger partial charge on any atom is 0.162 e. The van der Waals surface area contributed by atoms with Crippen LogP contribution in [0, 0.1) is 0 Å². The summed E-state index contributed by atoms with van der Waals surface area (Å²) < 4.78 is 5.82. The van der Waals surface area contributed by atoms with E-state index in [1.54, 1.807) is 19.1 Å². The van der Waals surface area contributed by atoms with Crippen molar-refractivity contribution in [2.75, 3.05) is 7.11 Å². The van der Waals surface area contributed by atoms with Crippen molar-refractivity contribution in [1.82, 2.24) is 0 Å². The summed E-state index contributed by atoms with van der Waals surface area (Å²) in [4.78, 5) is 0. The molecule has 0 aliphatic heterocycles. The molecule has 1 aromatic rings. The van der Waals surface area contributed by atoms with Crippen LogP contribution in [-0.4, -0.2) is 12.2 Å². The number of nitrogens with two attached hydrogens (primary N) is 1. The molecule has 0 amide bonds. The van der Waals surface area contributed by atoms with Gasteiger partial charge in [-0.3, -0.25) is 0 Å². The standard InChI is InChI=1S/C9H12BrNO2/c1-5(11)7-3-6(10)4-8(13-2)9(7)12/h3-5,12H,11H2,1-2H3. The first kappa shape index (κ1) is 10.3. The number of hydrogen-bond donors (Lipinski definition) is 2. The van der Waals surface area contributed by atoms with Crippen LogP contribution in [0.4, 0.5) is 0 Å². The van der Waals surface area contributed by atoms with Gasteiger partial charge in [-0.15, -0.1) is 0 Å². The monoisotopic (exact) mass is 245 g/mol. The number of phenols is 1. The van der Waals surface area contributed by atoms with Gasteiger partial charge < -0.3 is 15.6 Å². The van der Waals surface area contributed by atoms with Crippen molar-refractivity contribution in [3.05, 3.63) is 22.2 Å². The topological polar surface area (TPSA) is 55.5 Å². The van der Waals surface area contributed by atoms with Gasteiger partial charge in [0, 0.05) is 16.1 Å². The number of ether oxygens (including phenoxy) is 1. The number of methoxy groups -OCH3 is 1. The molecule has 0 radical (unpaired) electrons. The van der Waals surface area contributed by atoms with Crippen LogP contribution >= 0.6 is 15.9 Å². The van der Waals surface area contributed by atoms with E-state index in [4.69, 9.17) is 10.5 Å². The Morgan fingerprint density at radius 1 is 1.54 bits per heavy atom. The van der Waals surface area contributed by atoms with Crippen molar-refractivity contribution in [3.63, 3.8) is 0 Å². The summed E-state index contributed by atoms with van der Waals surface area (Å²) in [5, 5.41) is 9.66. The molecule has 3 nitrogen and oxygen atoms in total. The third-order valence-corrected chi connectivity index (χ3v) is 2.24. The van der Waals surface area contributed by atoms with Gasteiger partial charge in [0.05, 0.1) is 7.11 Å². The Balaban J connectivity index is 3.27. The highest BCUT2D eigenvalue weighted by molar-refractivity contribution is 9.10. The van der Waals surface area contributed by atoms with Gasteiger partial charge in [0.2, 0.25) is 0 Å². The summed E-state index contributed by atoms with van der Waals surface area (Å²) in [6, 6.07) is 3.26. The second-order valence-electron chi connectivity index (χ2n) is 2.83. The molecule has 1 unspecified atom stereocenters. The Hall–Kier alpha value is -0.740. The molecule has 0 aromatic heterocycles. The Morgan fingerprint density at radius 3 is 2.62 bits per heavy atom. The van der Waals surface area contributed by atoms with E-state index in [0.29, 0.717) is 11.3 Å². The lowest BCUT2D eigenvalue weighted by Gasteiger charge is -2.12. The summed E-state index contributed by atoms with van der Waals surface area (Å²) in [5.74, 6) is 0.544. The van der Waals surface area contributed by atoms with Gasteiger partial charge in [0.15, 0.2) is 11.5 Å². The Kier molecular flexibility index (Phi) is 3.17. The van der Waals surface area contributed by atoms with Crippen molar-refractivity contribution in [1.29, 1.82) is 0 Å². The van der Waals surface area contributed by atoms with E-state index in [-0.39, 0.29) is 11.8 Å². The Bertz CT molecular complexity index is 313. The van der Waals surface area contributed by atoms with E-state index < -0.39 is 0 Å². The lowest BCUT2D eigenvalue weighted by atomic mass is 10.1. The maximum absolute atomic E-state index is 9.66. The molecule has 0 saturated carbocycles. The third kappa shape index (κ3) is 2.14. The minimum Gasteiger partial charge on any atom is -0.504 e. The molecule has 4 heteroatoms. The third-order valence-electron chi connectivity index (χ3n) is 1.78. The van der Waals surface area contributed by atoms with Gasteiger partial charge in [0.25, 0.3) is 0 Å². The summed E-state index contributed by atoms with van der Waals surface area (Å²) in [5.41, 5.74) is 6.34. The molecule has 0 saturated heterocycles. The van der Waals surface area contributed by atoms with Crippen LogP contribution in [0.15, 0.2) is 16.6 Å². The van der Waals surface area contributed by atoms with Crippen molar-refractivity contribution < 1.29 is 9.84 Å². The maximum atomic E-state index is 9.66. The van der Waals surface area contributed by atoms with Crippen molar-refractivity contribution in [2.45, 2.75) is 13.0 Å². The lowest BCUT2D eigenvalue weighted by molar-refractivity contribution is 0.369. The highest BCUT2D eigenvalue weighted by atomic mass is 79.9. The molecule has 0 fully saturated rings. The fourth-order valence-corrected chi connectivity index (χ4v) is 1.55. The van der Waals surface area contributed by atoms with Crippen LogP contribution in [-0.2, 0) is 0 Å². The summed E-state index contributed by atoms with van der Waals surface area (Å²) in [7, 11) is 1.51. The summed E-state index contributed by atoms with van der Waals surface area (Å²) in [6.07, 6.45) is 0. The molecule has 1 aromatic carbocycles. The minimum atomic E-state index is -0.216. The molecule has 0 aliphatic rings. The van der Waals surface area contributed by atoms with Crippen LogP contribution in [0.3, 0.4) is 0 Å². The van der Waals surface area contributed by atoms with Crippen LogP contribution in [0.25, 0.3) is 0 Å². The second-order valence-corrected chi connectivity index (χ2v) is 3.75. The highest BCUT2D eigenvalue weighted by Crippen LogP contribution is 2.35. The molecule has 13 heavy (non-hydrogen) atoms. The van der Waals surface area contributed by atoms with Gasteiger partial charge in [0.1, 0.15) is 0 Å². The number of phenolic OH excluding ortho intramolecular Hbond substituents is 1. The zero-order valence-electron chi connectivity index (χ0n) is 7.54. The van der Waals surface area contributed by atoms with Gasteiger partial charge >= 0.3 is 0 Å². The Morgan fingerprint density at radius 2 is 2.15 bits per heavy atom. The number of halogens is 1. The van der Waals surface area contributed by atoms with E-state index in [0.717, 1.165) is 4.47 Å². The fraction of sp³-hybridized carbons (Fsp3) is 0.333.